The first-order chi connectivity index (χ1) is 9.54. The van der Waals surface area contributed by atoms with Gasteiger partial charge in [-0.25, -0.2) is 0 Å². The van der Waals surface area contributed by atoms with Crippen LogP contribution in [0.25, 0.3) is 0 Å². The maximum absolute atomic E-state index is 11.9. The van der Waals surface area contributed by atoms with E-state index in [9.17, 15) is 9.59 Å². The van der Waals surface area contributed by atoms with Gasteiger partial charge in [0.05, 0.1) is 11.3 Å². The van der Waals surface area contributed by atoms with Crippen LogP contribution in [0.3, 0.4) is 0 Å². The molecule has 1 aromatic rings. The maximum atomic E-state index is 11.9. The number of hydrogen-bond acceptors (Lipinski definition) is 4. The van der Waals surface area contributed by atoms with Crippen LogP contribution in [0.15, 0.2) is 24.3 Å². The second-order valence-electron chi connectivity index (χ2n) is 4.69. The molecule has 0 aromatic heterocycles. The van der Waals surface area contributed by atoms with Gasteiger partial charge in [0.15, 0.2) is 0 Å². The number of amides is 2. The van der Waals surface area contributed by atoms with Gasteiger partial charge in [0, 0.05) is 26.1 Å². The number of para-hydroxylation sites is 1. The molecule has 1 aromatic carbocycles. The van der Waals surface area contributed by atoms with E-state index in [1.807, 2.05) is 19.0 Å². The fraction of sp³-hybridized carbons (Fsp3) is 0.429. The van der Waals surface area contributed by atoms with Crippen LogP contribution in [0.1, 0.15) is 16.8 Å². The van der Waals surface area contributed by atoms with Crippen molar-refractivity contribution in [2.24, 2.45) is 5.73 Å². The minimum Gasteiger partial charge on any atom is -0.351 e. The molecule has 0 radical (unpaired) electrons. The number of hydrogen-bond donors (Lipinski definition) is 3. The highest BCUT2D eigenvalue weighted by atomic mass is 16.2. The lowest BCUT2D eigenvalue weighted by atomic mass is 10.1. The summed E-state index contributed by atoms with van der Waals surface area (Å²) in [5.41, 5.74) is 6.32. The van der Waals surface area contributed by atoms with Crippen LogP contribution in [0, 0.1) is 0 Å². The fourth-order valence-corrected chi connectivity index (χ4v) is 1.61. The molecule has 110 valence electrons. The first-order valence-electron chi connectivity index (χ1n) is 6.56. The molecule has 6 nitrogen and oxygen atoms in total. The van der Waals surface area contributed by atoms with Gasteiger partial charge in [0.1, 0.15) is 0 Å². The molecule has 0 aliphatic rings. The number of nitrogens with one attached hydrogen (secondary N) is 2. The van der Waals surface area contributed by atoms with E-state index in [0.29, 0.717) is 37.3 Å². The Hall–Kier alpha value is -1.92. The maximum Gasteiger partial charge on any atom is 0.253 e. The van der Waals surface area contributed by atoms with Crippen molar-refractivity contribution in [3.63, 3.8) is 0 Å². The predicted octanol–water partition coefficient (Wildman–Crippen LogP) is 0.265. The van der Waals surface area contributed by atoms with Gasteiger partial charge in [0.2, 0.25) is 5.91 Å². The molecule has 0 saturated carbocycles. The molecule has 6 heteroatoms. The van der Waals surface area contributed by atoms with Gasteiger partial charge < -0.3 is 21.3 Å². The molecule has 0 unspecified atom stereocenters. The molecule has 0 atom stereocenters. The van der Waals surface area contributed by atoms with Crippen molar-refractivity contribution in [1.29, 1.82) is 0 Å². The normalized spacial score (nSPS) is 10.4. The van der Waals surface area contributed by atoms with Crippen molar-refractivity contribution in [3.8, 4) is 0 Å². The molecule has 0 fully saturated rings. The van der Waals surface area contributed by atoms with Crippen LogP contribution >= 0.6 is 0 Å². The van der Waals surface area contributed by atoms with E-state index in [4.69, 9.17) is 5.73 Å². The van der Waals surface area contributed by atoms with Crippen molar-refractivity contribution in [1.82, 2.24) is 10.2 Å². The summed E-state index contributed by atoms with van der Waals surface area (Å²) in [6.07, 6.45) is 0.381. The summed E-state index contributed by atoms with van der Waals surface area (Å²) in [5, 5.41) is 5.45. The summed E-state index contributed by atoms with van der Waals surface area (Å²) in [6, 6.07) is 6.92. The predicted molar refractivity (Wildman–Crippen MR) is 79.6 cm³/mol. The third-order valence-corrected chi connectivity index (χ3v) is 2.66. The molecular weight excluding hydrogens is 256 g/mol. The third kappa shape index (κ3) is 5.38. The zero-order valence-corrected chi connectivity index (χ0v) is 12.0. The van der Waals surface area contributed by atoms with Crippen molar-refractivity contribution in [3.05, 3.63) is 29.8 Å². The zero-order valence-electron chi connectivity index (χ0n) is 12.0. The van der Waals surface area contributed by atoms with Crippen LogP contribution < -0.4 is 16.4 Å². The SMILES string of the molecule is CN(C)CCC(=O)Nc1ccccc1C(=O)NCCN. The first kappa shape index (κ1) is 16.1. The molecule has 4 N–H and O–H groups in total. The van der Waals surface area contributed by atoms with Crippen LogP contribution in [-0.2, 0) is 4.79 Å². The lowest BCUT2D eigenvalue weighted by Gasteiger charge is -2.12. The molecule has 20 heavy (non-hydrogen) atoms. The van der Waals surface area contributed by atoms with Gasteiger partial charge in [-0.1, -0.05) is 12.1 Å². The van der Waals surface area contributed by atoms with Crippen molar-refractivity contribution in [2.45, 2.75) is 6.42 Å². The van der Waals surface area contributed by atoms with E-state index in [1.165, 1.54) is 0 Å². The molecular formula is C14H22N4O2. The number of carbonyl (C=O) groups is 2. The summed E-state index contributed by atoms with van der Waals surface area (Å²) in [4.78, 5) is 25.7. The van der Waals surface area contributed by atoms with Crippen LogP contribution in [-0.4, -0.2) is 50.4 Å². The molecule has 0 saturated heterocycles. The number of rotatable bonds is 7. The summed E-state index contributed by atoms with van der Waals surface area (Å²) in [6.45, 7) is 1.44. The summed E-state index contributed by atoms with van der Waals surface area (Å²) in [5.74, 6) is -0.350. The summed E-state index contributed by atoms with van der Waals surface area (Å²) < 4.78 is 0. The average molecular weight is 278 g/mol. The van der Waals surface area contributed by atoms with Crippen molar-refractivity contribution in [2.75, 3.05) is 39.0 Å². The second-order valence-corrected chi connectivity index (χ2v) is 4.69. The molecule has 0 aliphatic carbocycles. The Morgan fingerprint density at radius 2 is 1.95 bits per heavy atom. The summed E-state index contributed by atoms with van der Waals surface area (Å²) in [7, 11) is 3.81. The highest BCUT2D eigenvalue weighted by Crippen LogP contribution is 2.15. The van der Waals surface area contributed by atoms with Crippen LogP contribution in [0.2, 0.25) is 0 Å². The third-order valence-electron chi connectivity index (χ3n) is 2.66. The lowest BCUT2D eigenvalue weighted by Crippen LogP contribution is -2.30. The van der Waals surface area contributed by atoms with Crippen LogP contribution in [0.4, 0.5) is 5.69 Å². The Kier molecular flexibility index (Phi) is 6.69. The molecule has 0 spiro atoms. The van der Waals surface area contributed by atoms with Gasteiger partial charge >= 0.3 is 0 Å². The topological polar surface area (TPSA) is 87.5 Å². The number of nitrogens with zero attached hydrogens (tertiary/aromatic N) is 1. The summed E-state index contributed by atoms with van der Waals surface area (Å²) >= 11 is 0. The van der Waals surface area contributed by atoms with E-state index in [1.54, 1.807) is 24.3 Å². The fourth-order valence-electron chi connectivity index (χ4n) is 1.61. The number of benzene rings is 1. The monoisotopic (exact) mass is 278 g/mol. The standard InChI is InChI=1S/C14H22N4O2/c1-18(2)10-7-13(19)17-12-6-4-3-5-11(12)14(20)16-9-8-15/h3-6H,7-10,15H2,1-2H3,(H,16,20)(H,17,19). The van der Waals surface area contributed by atoms with E-state index < -0.39 is 0 Å². The van der Waals surface area contributed by atoms with Gasteiger partial charge in [-0.15, -0.1) is 0 Å². The Labute approximate surface area is 119 Å². The minimum absolute atomic E-state index is 0.113. The number of nitrogens with two attached hydrogens (primary N) is 1. The number of anilines is 1. The average Bonchev–Trinajstić information content (AvgIpc) is 2.43. The Morgan fingerprint density at radius 1 is 1.25 bits per heavy atom. The van der Waals surface area contributed by atoms with E-state index in [2.05, 4.69) is 10.6 Å². The first-order valence-corrected chi connectivity index (χ1v) is 6.56. The van der Waals surface area contributed by atoms with E-state index in [-0.39, 0.29) is 11.8 Å². The van der Waals surface area contributed by atoms with Crippen LogP contribution in [0.5, 0.6) is 0 Å². The van der Waals surface area contributed by atoms with Crippen molar-refractivity contribution < 1.29 is 9.59 Å². The van der Waals surface area contributed by atoms with Gasteiger partial charge in [-0.3, -0.25) is 9.59 Å². The molecule has 0 heterocycles. The van der Waals surface area contributed by atoms with Gasteiger partial charge in [0.25, 0.3) is 5.91 Å². The Bertz CT molecular complexity index is 460. The quantitative estimate of drug-likeness (QED) is 0.668. The molecule has 0 aliphatic heterocycles. The zero-order chi connectivity index (χ0) is 15.0. The van der Waals surface area contributed by atoms with Crippen molar-refractivity contribution >= 4 is 17.5 Å². The molecule has 2 amide bonds. The lowest BCUT2D eigenvalue weighted by molar-refractivity contribution is -0.116. The highest BCUT2D eigenvalue weighted by Gasteiger charge is 2.12. The largest absolute Gasteiger partial charge is 0.351 e. The second kappa shape index (κ2) is 8.29. The smallest absolute Gasteiger partial charge is 0.253 e. The molecule has 1 rings (SSSR count). The van der Waals surface area contributed by atoms with Gasteiger partial charge in [-0.05, 0) is 26.2 Å². The Balaban J connectivity index is 2.70. The van der Waals surface area contributed by atoms with E-state index in [0.717, 1.165) is 0 Å². The van der Waals surface area contributed by atoms with Gasteiger partial charge in [-0.2, -0.15) is 0 Å². The Morgan fingerprint density at radius 3 is 2.60 bits per heavy atom. The van der Waals surface area contributed by atoms with E-state index >= 15 is 0 Å². The highest BCUT2D eigenvalue weighted by molar-refractivity contribution is 6.03. The molecule has 0 bridgehead atoms. The minimum atomic E-state index is -0.237. The number of carbonyl (C=O) groups excluding carboxylic acids is 2.